The lowest BCUT2D eigenvalue weighted by molar-refractivity contribution is -0.576. The monoisotopic (exact) mass is 464 g/mol. The molecule has 3 rings (SSSR count). The number of hydrogen-bond donors (Lipinski definition) is 1. The lowest BCUT2D eigenvalue weighted by atomic mass is 9.91. The van der Waals surface area contributed by atoms with Crippen LogP contribution in [0.4, 0.5) is 4.79 Å². The Labute approximate surface area is 195 Å². The minimum atomic E-state index is -1.65. The van der Waals surface area contributed by atoms with E-state index in [-0.39, 0.29) is 31.8 Å². The molecule has 2 atom stereocenters. The lowest BCUT2D eigenvalue weighted by Gasteiger charge is -2.34. The number of nitrogens with zero attached hydrogens (tertiary/aromatic N) is 2. The van der Waals surface area contributed by atoms with Crippen molar-refractivity contribution in [3.8, 4) is 0 Å². The normalized spacial score (nSPS) is 28.0. The van der Waals surface area contributed by atoms with Crippen molar-refractivity contribution >= 4 is 6.09 Å². The van der Waals surface area contributed by atoms with E-state index in [0.717, 1.165) is 31.2 Å². The number of carbonyl (C=O) groups is 1. The lowest BCUT2D eigenvalue weighted by Crippen LogP contribution is -2.57. The molecule has 1 saturated heterocycles. The molecule has 2 aliphatic rings. The maximum Gasteiger partial charge on any atom is 0.410 e. The highest BCUT2D eigenvalue weighted by molar-refractivity contribution is 5.69. The molecule has 1 aromatic carbocycles. The first-order valence-electron chi connectivity index (χ1n) is 11.7. The summed E-state index contributed by atoms with van der Waals surface area (Å²) in [4.78, 5) is 25.5. The van der Waals surface area contributed by atoms with Crippen molar-refractivity contribution < 1.29 is 29.0 Å². The number of aliphatic hydroxyl groups excluding tert-OH is 1. The van der Waals surface area contributed by atoms with Crippen molar-refractivity contribution in [2.75, 3.05) is 19.8 Å². The van der Waals surface area contributed by atoms with Crippen LogP contribution >= 0.6 is 0 Å². The van der Waals surface area contributed by atoms with E-state index >= 15 is 0 Å². The van der Waals surface area contributed by atoms with Crippen LogP contribution in [0.3, 0.4) is 0 Å². The van der Waals surface area contributed by atoms with Gasteiger partial charge in [0.05, 0.1) is 25.4 Å². The molecular weight excluding hydrogens is 428 g/mol. The van der Waals surface area contributed by atoms with E-state index in [1.165, 1.54) is 4.90 Å². The SMILES string of the molecule is CC(C)(C)OC(=O)N1CC[C@](CO)([N+](=O)[O-])[C@@H]1COC1CCC(OCc2ccccc2)CC1. The van der Waals surface area contributed by atoms with Crippen LogP contribution in [0, 0.1) is 10.1 Å². The molecule has 0 spiro atoms. The van der Waals surface area contributed by atoms with Crippen LogP contribution in [0.1, 0.15) is 58.4 Å². The quantitative estimate of drug-likeness (QED) is 0.463. The van der Waals surface area contributed by atoms with Gasteiger partial charge in [-0.2, -0.15) is 0 Å². The number of nitro groups is 1. The van der Waals surface area contributed by atoms with Gasteiger partial charge in [-0.1, -0.05) is 30.3 Å². The van der Waals surface area contributed by atoms with E-state index in [1.807, 2.05) is 30.3 Å². The van der Waals surface area contributed by atoms with Crippen LogP contribution in [-0.2, 0) is 20.8 Å². The third-order valence-electron chi connectivity index (χ3n) is 6.49. The van der Waals surface area contributed by atoms with Gasteiger partial charge in [0, 0.05) is 17.9 Å². The van der Waals surface area contributed by atoms with Crippen LogP contribution in [0.5, 0.6) is 0 Å². The summed E-state index contributed by atoms with van der Waals surface area (Å²) >= 11 is 0. The van der Waals surface area contributed by atoms with E-state index in [9.17, 15) is 20.0 Å². The van der Waals surface area contributed by atoms with E-state index in [2.05, 4.69) is 0 Å². The number of ether oxygens (including phenoxy) is 3. The van der Waals surface area contributed by atoms with E-state index in [0.29, 0.717) is 6.61 Å². The summed E-state index contributed by atoms with van der Waals surface area (Å²) in [5, 5.41) is 21.8. The summed E-state index contributed by atoms with van der Waals surface area (Å²) in [7, 11) is 0. The minimum absolute atomic E-state index is 0.0129. The van der Waals surface area contributed by atoms with Crippen molar-refractivity contribution in [3.05, 3.63) is 46.0 Å². The number of benzene rings is 1. The molecule has 1 aromatic rings. The molecule has 1 amide bonds. The van der Waals surface area contributed by atoms with Crippen LogP contribution in [0.2, 0.25) is 0 Å². The topological polar surface area (TPSA) is 111 Å². The molecule has 0 aromatic heterocycles. The van der Waals surface area contributed by atoms with Gasteiger partial charge in [0.1, 0.15) is 18.2 Å². The first-order valence-corrected chi connectivity index (χ1v) is 11.7. The minimum Gasteiger partial charge on any atom is -0.444 e. The Balaban J connectivity index is 1.55. The van der Waals surface area contributed by atoms with E-state index < -0.39 is 34.8 Å². The Kier molecular flexibility index (Phi) is 8.31. The standard InChI is InChI=1S/C24H36N2O7/c1-23(2,3)33-22(28)25-14-13-24(17-27,26(29)30)21(25)16-32-20-11-9-19(10-12-20)31-15-18-7-5-4-6-8-18/h4-8,19-21,27H,9-17H2,1-3H3/t19?,20?,21-,24+/m0/s1. The van der Waals surface area contributed by atoms with Gasteiger partial charge in [0.15, 0.2) is 0 Å². The summed E-state index contributed by atoms with van der Waals surface area (Å²) in [5.74, 6) is 0. The third kappa shape index (κ3) is 6.43. The molecule has 1 aliphatic heterocycles. The van der Waals surface area contributed by atoms with E-state index in [4.69, 9.17) is 14.2 Å². The van der Waals surface area contributed by atoms with Crippen molar-refractivity contribution in [1.82, 2.24) is 4.90 Å². The van der Waals surface area contributed by atoms with Gasteiger partial charge in [-0.05, 0) is 52.0 Å². The van der Waals surface area contributed by atoms with Gasteiger partial charge in [0.25, 0.3) is 5.54 Å². The van der Waals surface area contributed by atoms with Gasteiger partial charge in [0.2, 0.25) is 0 Å². The molecule has 9 nitrogen and oxygen atoms in total. The molecule has 0 unspecified atom stereocenters. The van der Waals surface area contributed by atoms with Crippen molar-refractivity contribution in [2.24, 2.45) is 0 Å². The predicted molar refractivity (Wildman–Crippen MR) is 121 cm³/mol. The Morgan fingerprint density at radius 2 is 1.76 bits per heavy atom. The highest BCUT2D eigenvalue weighted by atomic mass is 16.6. The van der Waals surface area contributed by atoms with Crippen LogP contribution in [0.15, 0.2) is 30.3 Å². The van der Waals surface area contributed by atoms with Crippen LogP contribution in [-0.4, -0.2) is 70.2 Å². The first kappa shape index (κ1) is 25.4. The second-order valence-corrected chi connectivity index (χ2v) is 9.99. The summed E-state index contributed by atoms with van der Waals surface area (Å²) in [5.41, 5.74) is -1.23. The summed E-state index contributed by atoms with van der Waals surface area (Å²) < 4.78 is 17.5. The highest BCUT2D eigenvalue weighted by Gasteiger charge is 2.59. The number of rotatable bonds is 8. The Hall–Kier alpha value is -2.23. The Morgan fingerprint density at radius 1 is 1.15 bits per heavy atom. The van der Waals surface area contributed by atoms with Gasteiger partial charge in [-0.25, -0.2) is 4.79 Å². The summed E-state index contributed by atoms with van der Waals surface area (Å²) in [6.45, 7) is 5.29. The Morgan fingerprint density at radius 3 is 2.30 bits per heavy atom. The largest absolute Gasteiger partial charge is 0.444 e. The highest BCUT2D eigenvalue weighted by Crippen LogP contribution is 2.34. The zero-order chi connectivity index (χ0) is 24.1. The van der Waals surface area contributed by atoms with Crippen molar-refractivity contribution in [1.29, 1.82) is 0 Å². The average molecular weight is 465 g/mol. The maximum absolute atomic E-state index is 12.7. The molecule has 1 N–H and O–H groups in total. The zero-order valence-electron chi connectivity index (χ0n) is 19.8. The third-order valence-corrected chi connectivity index (χ3v) is 6.49. The number of aliphatic hydroxyl groups is 1. The number of amides is 1. The predicted octanol–water partition coefficient (Wildman–Crippen LogP) is 3.55. The van der Waals surface area contributed by atoms with E-state index in [1.54, 1.807) is 20.8 Å². The average Bonchev–Trinajstić information content (AvgIpc) is 3.16. The molecule has 1 saturated carbocycles. The molecule has 33 heavy (non-hydrogen) atoms. The number of carbonyl (C=O) groups excluding carboxylic acids is 1. The van der Waals surface area contributed by atoms with Crippen molar-refractivity contribution in [3.63, 3.8) is 0 Å². The molecule has 1 aliphatic carbocycles. The Bertz CT molecular complexity index is 790. The molecule has 1 heterocycles. The van der Waals surface area contributed by atoms with Gasteiger partial charge < -0.3 is 19.3 Å². The fourth-order valence-corrected chi connectivity index (χ4v) is 4.55. The van der Waals surface area contributed by atoms with Crippen LogP contribution in [0.25, 0.3) is 0 Å². The summed E-state index contributed by atoms with van der Waals surface area (Å²) in [6, 6.07) is 9.14. The van der Waals surface area contributed by atoms with Gasteiger partial charge >= 0.3 is 6.09 Å². The van der Waals surface area contributed by atoms with Gasteiger partial charge in [-0.15, -0.1) is 0 Å². The molecule has 0 bridgehead atoms. The first-order chi connectivity index (χ1) is 15.6. The molecule has 0 radical (unpaired) electrons. The summed E-state index contributed by atoms with van der Waals surface area (Å²) in [6.07, 6.45) is 2.79. The number of likely N-dealkylation sites (tertiary alicyclic amines) is 1. The molecular formula is C24H36N2O7. The molecule has 9 heteroatoms. The molecule has 184 valence electrons. The van der Waals surface area contributed by atoms with Crippen molar-refractivity contribution in [2.45, 2.75) is 88.9 Å². The fourth-order valence-electron chi connectivity index (χ4n) is 4.55. The van der Waals surface area contributed by atoms with Gasteiger partial charge in [-0.3, -0.25) is 15.0 Å². The zero-order valence-corrected chi connectivity index (χ0v) is 19.8. The second-order valence-electron chi connectivity index (χ2n) is 9.99. The maximum atomic E-state index is 12.7. The fraction of sp³-hybridized carbons (Fsp3) is 0.708. The number of hydrogen-bond acceptors (Lipinski definition) is 7. The molecule has 2 fully saturated rings. The second kappa shape index (κ2) is 10.8. The smallest absolute Gasteiger partial charge is 0.410 e. The van der Waals surface area contributed by atoms with Crippen LogP contribution < -0.4 is 0 Å².